The fourth-order valence-corrected chi connectivity index (χ4v) is 10.2. The number of hydrogen-bond acceptors (Lipinski definition) is 7. The van der Waals surface area contributed by atoms with Crippen LogP contribution in [0.4, 0.5) is 5.69 Å². The van der Waals surface area contributed by atoms with E-state index in [2.05, 4.69) is 35.1 Å². The van der Waals surface area contributed by atoms with Crippen LogP contribution in [-0.2, 0) is 25.7 Å². The molecule has 2 aromatic heterocycles. The Morgan fingerprint density at radius 1 is 1.00 bits per heavy atom. The summed E-state index contributed by atoms with van der Waals surface area (Å²) in [6.45, 7) is 8.28. The van der Waals surface area contributed by atoms with Gasteiger partial charge in [-0.2, -0.15) is 0 Å². The quantitative estimate of drug-likeness (QED) is 0.167. The first-order valence-electron chi connectivity index (χ1n) is 18.6. The van der Waals surface area contributed by atoms with E-state index in [1.165, 1.54) is 30.9 Å². The Hall–Kier alpha value is -4.74. The van der Waals surface area contributed by atoms with E-state index in [9.17, 15) is 28.8 Å². The number of para-hydroxylation sites is 1. The largest absolute Gasteiger partial charge is 0.451 e. The van der Waals surface area contributed by atoms with Crippen LogP contribution in [0.15, 0.2) is 51.8 Å². The number of amides is 4. The fraction of sp³-hybridized carbons (Fsp3) is 0.550. The molecule has 5 aliphatic carbocycles. The number of nitrogens with zero attached hydrogens (tertiary/aromatic N) is 1. The van der Waals surface area contributed by atoms with Gasteiger partial charge in [-0.05, 0) is 119 Å². The van der Waals surface area contributed by atoms with Gasteiger partial charge >= 0.3 is 0 Å². The summed E-state index contributed by atoms with van der Waals surface area (Å²) in [5.74, 6) is 4.53. The second kappa shape index (κ2) is 15.1. The number of furan rings is 1. The smallest absolute Gasteiger partial charge is 0.287 e. The molecule has 0 radical (unpaired) electrons. The number of aryl methyl sites for hydroxylation is 1. The Morgan fingerprint density at radius 3 is 2.33 bits per heavy atom. The van der Waals surface area contributed by atoms with Crippen LogP contribution in [-0.4, -0.2) is 53.1 Å². The van der Waals surface area contributed by atoms with Crippen LogP contribution in [0.2, 0.25) is 0 Å². The van der Waals surface area contributed by atoms with Crippen molar-refractivity contribution < 1.29 is 28.4 Å². The van der Waals surface area contributed by atoms with Crippen molar-refractivity contribution in [2.75, 3.05) is 12.4 Å². The highest BCUT2D eigenvalue weighted by Gasteiger charge is 2.61. The molecule has 6 bridgehead atoms. The van der Waals surface area contributed by atoms with E-state index in [-0.39, 0.29) is 53.4 Å². The molecule has 12 nitrogen and oxygen atoms in total. The maximum absolute atomic E-state index is 12.9. The Kier molecular flexibility index (Phi) is 10.7. The average molecular weight is 714 g/mol. The van der Waals surface area contributed by atoms with Crippen molar-refractivity contribution in [3.63, 3.8) is 0 Å². The van der Waals surface area contributed by atoms with Crippen molar-refractivity contribution in [3.05, 3.63) is 64.3 Å². The molecule has 0 aliphatic heterocycles. The first-order chi connectivity index (χ1) is 24.8. The second-order valence-electron chi connectivity index (χ2n) is 15.9. The SMILES string of the molecule is CC1C2CC3CC1C1CC(C)(NC(=O)Cn4cccc(NC=O)c4=O)CC2C1C3.CNC(=O)C(=O)CCC(C)NC(=O)c1oc2ccccc2c1C. The third-order valence-electron chi connectivity index (χ3n) is 12.4. The predicted molar refractivity (Wildman–Crippen MR) is 196 cm³/mol. The van der Waals surface area contributed by atoms with Gasteiger partial charge < -0.3 is 30.3 Å². The maximum Gasteiger partial charge on any atom is 0.287 e. The molecule has 5 atom stereocenters. The minimum absolute atomic E-state index is 0.0209. The molecule has 5 aliphatic rings. The van der Waals surface area contributed by atoms with Crippen LogP contribution in [0.25, 0.3) is 11.0 Å². The molecule has 4 N–H and O–H groups in total. The van der Waals surface area contributed by atoms with E-state index in [1.807, 2.05) is 31.2 Å². The fourth-order valence-electron chi connectivity index (χ4n) is 10.2. The molecular formula is C40H51N5O7. The number of carbonyl (C=O) groups is 5. The molecule has 8 rings (SSSR count). The summed E-state index contributed by atoms with van der Waals surface area (Å²) >= 11 is 0. The molecule has 3 aromatic rings. The number of ketones is 1. The highest BCUT2D eigenvalue weighted by atomic mass is 16.3. The van der Waals surface area contributed by atoms with E-state index in [0.29, 0.717) is 18.4 Å². The summed E-state index contributed by atoms with van der Waals surface area (Å²) < 4.78 is 6.96. The molecule has 12 heteroatoms. The molecule has 278 valence electrons. The summed E-state index contributed by atoms with van der Waals surface area (Å²) in [5.41, 5.74) is 1.09. The van der Waals surface area contributed by atoms with Crippen LogP contribution < -0.4 is 26.8 Å². The third kappa shape index (κ3) is 7.43. The first kappa shape index (κ1) is 37.0. The molecular weight excluding hydrogens is 662 g/mol. The zero-order valence-corrected chi connectivity index (χ0v) is 30.7. The highest BCUT2D eigenvalue weighted by Crippen LogP contribution is 2.66. The Bertz CT molecular complexity index is 1880. The molecule has 0 spiro atoms. The maximum atomic E-state index is 12.9. The number of rotatable bonds is 11. The van der Waals surface area contributed by atoms with Gasteiger partial charge in [0.05, 0.1) is 0 Å². The van der Waals surface area contributed by atoms with E-state index in [4.69, 9.17) is 4.42 Å². The molecule has 0 saturated heterocycles. The van der Waals surface area contributed by atoms with Crippen LogP contribution in [0, 0.1) is 48.3 Å². The van der Waals surface area contributed by atoms with Crippen molar-refractivity contribution in [3.8, 4) is 0 Å². The molecule has 52 heavy (non-hydrogen) atoms. The Balaban J connectivity index is 0.000000184. The summed E-state index contributed by atoms with van der Waals surface area (Å²) in [6, 6.07) is 10.4. The topological polar surface area (TPSA) is 169 Å². The number of hydrogen-bond donors (Lipinski definition) is 4. The molecule has 4 amide bonds. The zero-order valence-electron chi connectivity index (χ0n) is 30.7. The first-order valence-corrected chi connectivity index (χ1v) is 18.6. The number of benzene rings is 1. The van der Waals surface area contributed by atoms with Gasteiger partial charge in [-0.15, -0.1) is 0 Å². The van der Waals surface area contributed by atoms with E-state index in [0.717, 1.165) is 65.2 Å². The average Bonchev–Trinajstić information content (AvgIpc) is 3.46. The van der Waals surface area contributed by atoms with Gasteiger partial charge in [-0.3, -0.25) is 28.8 Å². The van der Waals surface area contributed by atoms with Crippen molar-refractivity contribution in [2.24, 2.45) is 41.4 Å². The third-order valence-corrected chi connectivity index (χ3v) is 12.4. The summed E-state index contributed by atoms with van der Waals surface area (Å²) in [6.07, 6.45) is 8.86. The minimum atomic E-state index is -0.614. The standard InChI is InChI=1S/C23H31N3O3.C17H20N2O4/c1-13-15-6-14-7-16(13)19-10-23(2,9-18(15)17(19)8-14)25-21(28)11-26-5-3-4-20(22(26)29)24-12-27;1-10(8-9-13(20)16(21)18-3)19-17(22)15-11(2)12-6-4-5-7-14(12)23-15/h3-5,12-19H,6-11H2,1-2H3,(H,24,27)(H,25,28);4-7,10H,8-9H2,1-3H3,(H,18,21)(H,19,22). The van der Waals surface area contributed by atoms with Gasteiger partial charge in [0.1, 0.15) is 17.8 Å². The number of pyridine rings is 1. The van der Waals surface area contributed by atoms with Gasteiger partial charge in [0.25, 0.3) is 17.4 Å². The van der Waals surface area contributed by atoms with Gasteiger partial charge in [0.2, 0.25) is 18.1 Å². The molecule has 1 aromatic carbocycles. The van der Waals surface area contributed by atoms with E-state index in [1.54, 1.807) is 25.3 Å². The molecule has 5 unspecified atom stereocenters. The van der Waals surface area contributed by atoms with Crippen molar-refractivity contribution in [2.45, 2.75) is 90.8 Å². The molecule has 5 saturated carbocycles. The number of anilines is 1. The zero-order chi connectivity index (χ0) is 37.3. The lowest BCUT2D eigenvalue weighted by atomic mass is 9.40. The predicted octanol–water partition coefficient (Wildman–Crippen LogP) is 4.58. The lowest BCUT2D eigenvalue weighted by Crippen LogP contribution is -2.64. The monoisotopic (exact) mass is 713 g/mol. The lowest BCUT2D eigenvalue weighted by Gasteiger charge is -2.66. The van der Waals surface area contributed by atoms with Gasteiger partial charge in [-0.1, -0.05) is 25.1 Å². The molecule has 2 heterocycles. The summed E-state index contributed by atoms with van der Waals surface area (Å²) in [5, 5.41) is 11.7. The van der Waals surface area contributed by atoms with E-state index >= 15 is 0 Å². The van der Waals surface area contributed by atoms with Crippen molar-refractivity contribution >= 4 is 46.6 Å². The van der Waals surface area contributed by atoms with Crippen molar-refractivity contribution in [1.82, 2.24) is 20.5 Å². The normalized spacial score (nSPS) is 28.6. The van der Waals surface area contributed by atoms with Gasteiger partial charge in [0, 0.05) is 42.2 Å². The number of likely N-dealkylation sites (N-methyl/N-ethyl adjacent to an activating group) is 1. The van der Waals surface area contributed by atoms with Crippen LogP contribution in [0.5, 0.6) is 0 Å². The van der Waals surface area contributed by atoms with Crippen LogP contribution >= 0.6 is 0 Å². The van der Waals surface area contributed by atoms with Gasteiger partial charge in [0.15, 0.2) is 5.76 Å². The number of aromatic nitrogens is 1. The van der Waals surface area contributed by atoms with Crippen LogP contribution in [0.1, 0.15) is 81.8 Å². The minimum Gasteiger partial charge on any atom is -0.451 e. The Labute approximate surface area is 303 Å². The Morgan fingerprint density at radius 2 is 1.67 bits per heavy atom. The molecule has 5 fully saturated rings. The van der Waals surface area contributed by atoms with Crippen molar-refractivity contribution in [1.29, 1.82) is 0 Å². The number of nitrogens with one attached hydrogen (secondary N) is 4. The summed E-state index contributed by atoms with van der Waals surface area (Å²) in [4.78, 5) is 70.9. The second-order valence-corrected chi connectivity index (χ2v) is 15.9. The van der Waals surface area contributed by atoms with Gasteiger partial charge in [-0.25, -0.2) is 0 Å². The number of fused-ring (bicyclic) bond motifs is 1. The van der Waals surface area contributed by atoms with Crippen LogP contribution in [0.3, 0.4) is 0 Å². The lowest BCUT2D eigenvalue weighted by molar-refractivity contribution is -0.165. The number of carbonyl (C=O) groups excluding carboxylic acids is 5. The van der Waals surface area contributed by atoms with E-state index < -0.39 is 11.7 Å². The highest BCUT2D eigenvalue weighted by molar-refractivity contribution is 6.36. The number of Topliss-reactive ketones (excluding diaryl/α,β-unsaturated/α-hetero) is 1. The summed E-state index contributed by atoms with van der Waals surface area (Å²) in [7, 11) is 1.41.